The minimum atomic E-state index is 0.0895. The Morgan fingerprint density at radius 3 is 2.62 bits per heavy atom. The summed E-state index contributed by atoms with van der Waals surface area (Å²) < 4.78 is 5.48. The van der Waals surface area contributed by atoms with Crippen LogP contribution in [0.15, 0.2) is 30.3 Å². The lowest BCUT2D eigenvalue weighted by molar-refractivity contribution is -0.121. The van der Waals surface area contributed by atoms with Crippen LogP contribution in [0.2, 0.25) is 0 Å². The number of carbonyl (C=O) groups is 1. The average molecular weight is 221 g/mol. The van der Waals surface area contributed by atoms with E-state index >= 15 is 0 Å². The molecule has 3 heteroatoms. The maximum atomic E-state index is 11.3. The van der Waals surface area contributed by atoms with E-state index in [-0.39, 0.29) is 11.9 Å². The van der Waals surface area contributed by atoms with E-state index in [4.69, 9.17) is 4.74 Å². The molecular formula is C13H19NO2. The van der Waals surface area contributed by atoms with Gasteiger partial charge in [-0.25, -0.2) is 0 Å². The molecule has 88 valence electrons. The standard InChI is InChI=1S/C13H19NO2/c1-11(2)14-13(15)9-6-10-16-12-7-4-3-5-8-12/h3-5,7-8,11H,6,9-10H2,1-2H3,(H,14,15). The zero-order valence-corrected chi connectivity index (χ0v) is 9.90. The van der Waals surface area contributed by atoms with Crippen LogP contribution in [0, 0.1) is 0 Å². The van der Waals surface area contributed by atoms with Crippen molar-refractivity contribution in [1.82, 2.24) is 5.32 Å². The van der Waals surface area contributed by atoms with Crippen molar-refractivity contribution in [3.63, 3.8) is 0 Å². The molecule has 1 aromatic rings. The van der Waals surface area contributed by atoms with Gasteiger partial charge in [-0.15, -0.1) is 0 Å². The molecule has 1 amide bonds. The number of nitrogens with one attached hydrogen (secondary N) is 1. The molecular weight excluding hydrogens is 202 g/mol. The normalized spacial score (nSPS) is 10.2. The predicted molar refractivity (Wildman–Crippen MR) is 64.4 cm³/mol. The summed E-state index contributed by atoms with van der Waals surface area (Å²) >= 11 is 0. The zero-order valence-electron chi connectivity index (χ0n) is 9.90. The highest BCUT2D eigenvalue weighted by Gasteiger charge is 2.02. The number of para-hydroxylation sites is 1. The van der Waals surface area contributed by atoms with Crippen LogP contribution in [-0.4, -0.2) is 18.6 Å². The molecule has 0 radical (unpaired) electrons. The van der Waals surface area contributed by atoms with Crippen molar-refractivity contribution in [1.29, 1.82) is 0 Å². The molecule has 0 aliphatic carbocycles. The lowest BCUT2D eigenvalue weighted by Crippen LogP contribution is -2.30. The van der Waals surface area contributed by atoms with Gasteiger partial charge in [0, 0.05) is 12.5 Å². The third-order valence-electron chi connectivity index (χ3n) is 2.01. The number of hydrogen-bond acceptors (Lipinski definition) is 2. The monoisotopic (exact) mass is 221 g/mol. The molecule has 0 heterocycles. The Morgan fingerprint density at radius 1 is 1.31 bits per heavy atom. The first-order chi connectivity index (χ1) is 7.68. The Kier molecular flexibility index (Phi) is 5.40. The van der Waals surface area contributed by atoms with Gasteiger partial charge in [-0.05, 0) is 32.4 Å². The van der Waals surface area contributed by atoms with Crippen LogP contribution in [0.3, 0.4) is 0 Å². The Labute approximate surface area is 96.8 Å². The Bertz CT molecular complexity index is 309. The highest BCUT2D eigenvalue weighted by molar-refractivity contribution is 5.76. The van der Waals surface area contributed by atoms with Crippen molar-refractivity contribution in [3.05, 3.63) is 30.3 Å². The second kappa shape index (κ2) is 6.88. The lowest BCUT2D eigenvalue weighted by atomic mass is 10.3. The number of hydrogen-bond donors (Lipinski definition) is 1. The van der Waals surface area contributed by atoms with Gasteiger partial charge in [0.2, 0.25) is 5.91 Å². The third kappa shape index (κ3) is 5.39. The van der Waals surface area contributed by atoms with Crippen LogP contribution in [-0.2, 0) is 4.79 Å². The van der Waals surface area contributed by atoms with Crippen molar-refractivity contribution in [2.75, 3.05) is 6.61 Å². The van der Waals surface area contributed by atoms with Gasteiger partial charge in [-0.2, -0.15) is 0 Å². The van der Waals surface area contributed by atoms with E-state index in [1.54, 1.807) is 0 Å². The van der Waals surface area contributed by atoms with Gasteiger partial charge < -0.3 is 10.1 Å². The second-order valence-corrected chi connectivity index (χ2v) is 3.99. The number of rotatable bonds is 6. The summed E-state index contributed by atoms with van der Waals surface area (Å²) in [5, 5.41) is 2.85. The quantitative estimate of drug-likeness (QED) is 0.749. The molecule has 0 atom stereocenters. The molecule has 0 bridgehead atoms. The molecule has 0 saturated carbocycles. The molecule has 0 spiro atoms. The maximum Gasteiger partial charge on any atom is 0.220 e. The van der Waals surface area contributed by atoms with Crippen LogP contribution in [0.25, 0.3) is 0 Å². The van der Waals surface area contributed by atoms with Crippen LogP contribution in [0.1, 0.15) is 26.7 Å². The van der Waals surface area contributed by atoms with Gasteiger partial charge in [0.15, 0.2) is 0 Å². The molecule has 1 N–H and O–H groups in total. The topological polar surface area (TPSA) is 38.3 Å². The molecule has 1 aromatic carbocycles. The van der Waals surface area contributed by atoms with Crippen LogP contribution in [0.4, 0.5) is 0 Å². The summed E-state index contributed by atoms with van der Waals surface area (Å²) in [5.41, 5.74) is 0. The molecule has 3 nitrogen and oxygen atoms in total. The summed E-state index contributed by atoms with van der Waals surface area (Å²) in [6, 6.07) is 9.84. The van der Waals surface area contributed by atoms with Crippen molar-refractivity contribution in [2.45, 2.75) is 32.7 Å². The van der Waals surface area contributed by atoms with Crippen LogP contribution >= 0.6 is 0 Å². The number of ether oxygens (including phenoxy) is 1. The largest absolute Gasteiger partial charge is 0.494 e. The molecule has 0 unspecified atom stereocenters. The Morgan fingerprint density at radius 2 is 2.00 bits per heavy atom. The fraction of sp³-hybridized carbons (Fsp3) is 0.462. The van der Waals surface area contributed by atoms with E-state index in [1.807, 2.05) is 44.2 Å². The highest BCUT2D eigenvalue weighted by atomic mass is 16.5. The molecule has 0 fully saturated rings. The third-order valence-corrected chi connectivity index (χ3v) is 2.01. The summed E-state index contributed by atoms with van der Waals surface area (Å²) in [5.74, 6) is 0.943. The van der Waals surface area contributed by atoms with E-state index in [0.29, 0.717) is 13.0 Å². The van der Waals surface area contributed by atoms with E-state index in [2.05, 4.69) is 5.32 Å². The zero-order chi connectivity index (χ0) is 11.8. The Balaban J connectivity index is 2.10. The number of benzene rings is 1. The maximum absolute atomic E-state index is 11.3. The van der Waals surface area contributed by atoms with E-state index in [9.17, 15) is 4.79 Å². The number of amides is 1. The summed E-state index contributed by atoms with van der Waals surface area (Å²) in [6.45, 7) is 4.49. The first kappa shape index (κ1) is 12.6. The smallest absolute Gasteiger partial charge is 0.220 e. The van der Waals surface area contributed by atoms with Crippen molar-refractivity contribution in [3.8, 4) is 5.75 Å². The Hall–Kier alpha value is -1.51. The van der Waals surface area contributed by atoms with Crippen LogP contribution in [0.5, 0.6) is 5.75 Å². The van der Waals surface area contributed by atoms with Gasteiger partial charge >= 0.3 is 0 Å². The summed E-state index contributed by atoms with van der Waals surface area (Å²) in [6.07, 6.45) is 1.26. The second-order valence-electron chi connectivity index (χ2n) is 3.99. The molecule has 0 aromatic heterocycles. The summed E-state index contributed by atoms with van der Waals surface area (Å²) in [4.78, 5) is 11.3. The van der Waals surface area contributed by atoms with Crippen molar-refractivity contribution in [2.24, 2.45) is 0 Å². The van der Waals surface area contributed by atoms with Crippen molar-refractivity contribution < 1.29 is 9.53 Å². The van der Waals surface area contributed by atoms with E-state index in [1.165, 1.54) is 0 Å². The molecule has 0 aliphatic rings. The molecule has 16 heavy (non-hydrogen) atoms. The minimum Gasteiger partial charge on any atom is -0.494 e. The predicted octanol–water partition coefficient (Wildman–Crippen LogP) is 2.37. The minimum absolute atomic E-state index is 0.0895. The van der Waals surface area contributed by atoms with Crippen molar-refractivity contribution >= 4 is 5.91 Å². The van der Waals surface area contributed by atoms with E-state index in [0.717, 1.165) is 12.2 Å². The summed E-state index contributed by atoms with van der Waals surface area (Å²) in [7, 11) is 0. The highest BCUT2D eigenvalue weighted by Crippen LogP contribution is 2.08. The molecule has 0 saturated heterocycles. The van der Waals surface area contributed by atoms with Gasteiger partial charge in [0.25, 0.3) is 0 Å². The van der Waals surface area contributed by atoms with Gasteiger partial charge in [0.05, 0.1) is 6.61 Å². The van der Waals surface area contributed by atoms with E-state index < -0.39 is 0 Å². The van der Waals surface area contributed by atoms with Gasteiger partial charge in [-0.1, -0.05) is 18.2 Å². The first-order valence-corrected chi connectivity index (χ1v) is 5.65. The van der Waals surface area contributed by atoms with Gasteiger partial charge in [0.1, 0.15) is 5.75 Å². The average Bonchev–Trinajstić information content (AvgIpc) is 2.25. The fourth-order valence-corrected chi connectivity index (χ4v) is 1.33. The SMILES string of the molecule is CC(C)NC(=O)CCCOc1ccccc1. The fourth-order valence-electron chi connectivity index (χ4n) is 1.33. The first-order valence-electron chi connectivity index (χ1n) is 5.65. The number of carbonyl (C=O) groups excluding carboxylic acids is 1. The molecule has 1 rings (SSSR count). The lowest BCUT2D eigenvalue weighted by Gasteiger charge is -2.08. The van der Waals surface area contributed by atoms with Crippen LogP contribution < -0.4 is 10.1 Å². The van der Waals surface area contributed by atoms with Gasteiger partial charge in [-0.3, -0.25) is 4.79 Å². The molecule has 0 aliphatic heterocycles.